The first kappa shape index (κ1) is 14.9. The largest absolute Gasteiger partial charge is 0.472 e. The van der Waals surface area contributed by atoms with Crippen LogP contribution in [0.3, 0.4) is 0 Å². The highest BCUT2D eigenvalue weighted by Crippen LogP contribution is 2.49. The molecular formula is C17H15NO3S2. The third kappa shape index (κ3) is 2.51. The summed E-state index contributed by atoms with van der Waals surface area (Å²) in [5.41, 5.74) is 3.07. The first-order chi connectivity index (χ1) is 11.1. The molecule has 6 heteroatoms. The summed E-state index contributed by atoms with van der Waals surface area (Å²) in [6.07, 6.45) is 3.01. The lowest BCUT2D eigenvalue weighted by Gasteiger charge is -2.24. The van der Waals surface area contributed by atoms with Crippen LogP contribution in [0.15, 0.2) is 47.3 Å². The zero-order valence-corrected chi connectivity index (χ0v) is 13.8. The molecule has 2 aliphatic rings. The van der Waals surface area contributed by atoms with E-state index >= 15 is 0 Å². The van der Waals surface area contributed by atoms with E-state index in [9.17, 15) is 9.90 Å². The third-order valence-electron chi connectivity index (χ3n) is 4.44. The van der Waals surface area contributed by atoms with Crippen molar-refractivity contribution < 1.29 is 14.3 Å². The molecule has 2 heterocycles. The number of carbonyl (C=O) groups is 1. The molecule has 0 spiro atoms. The fraction of sp³-hybridized carbons (Fsp3) is 0.294. The topological polar surface area (TPSA) is 53.7 Å². The molecule has 1 aliphatic heterocycles. The fourth-order valence-electron chi connectivity index (χ4n) is 3.35. The Morgan fingerprint density at radius 3 is 3.04 bits per heavy atom. The number of amides is 1. The maximum atomic E-state index is 12.7. The first-order valence-electron chi connectivity index (χ1n) is 7.46. The van der Waals surface area contributed by atoms with E-state index < -0.39 is 6.10 Å². The molecule has 0 saturated carbocycles. The summed E-state index contributed by atoms with van der Waals surface area (Å²) in [4.78, 5) is 14.4. The molecule has 118 valence electrons. The number of rotatable bonds is 3. The highest BCUT2D eigenvalue weighted by Gasteiger charge is 2.47. The molecule has 2 aromatic rings. The Morgan fingerprint density at radius 1 is 1.43 bits per heavy atom. The Hall–Kier alpha value is -1.63. The summed E-state index contributed by atoms with van der Waals surface area (Å²) in [6.45, 7) is 0. The van der Waals surface area contributed by atoms with E-state index in [0.29, 0.717) is 9.88 Å². The van der Waals surface area contributed by atoms with Crippen LogP contribution in [-0.4, -0.2) is 25.5 Å². The lowest BCUT2D eigenvalue weighted by Crippen LogP contribution is -2.34. The highest BCUT2D eigenvalue weighted by atomic mass is 32.2. The Kier molecular flexibility index (Phi) is 3.75. The van der Waals surface area contributed by atoms with Gasteiger partial charge in [0.2, 0.25) is 5.91 Å². The minimum Gasteiger partial charge on any atom is -0.472 e. The summed E-state index contributed by atoms with van der Waals surface area (Å²) in [5.74, 6) is -0.139. The number of benzene rings is 1. The predicted molar refractivity (Wildman–Crippen MR) is 92.0 cm³/mol. The molecule has 0 radical (unpaired) electrons. The number of hydrogen-bond donors (Lipinski definition) is 1. The number of aliphatic hydroxyl groups excluding tert-OH is 1. The van der Waals surface area contributed by atoms with Crippen LogP contribution in [0.1, 0.15) is 35.3 Å². The van der Waals surface area contributed by atoms with E-state index in [1.807, 2.05) is 12.1 Å². The second-order valence-electron chi connectivity index (χ2n) is 5.81. The average Bonchev–Trinajstić information content (AvgIpc) is 3.21. The maximum absolute atomic E-state index is 12.7. The van der Waals surface area contributed by atoms with Crippen LogP contribution in [0.2, 0.25) is 0 Å². The van der Waals surface area contributed by atoms with Crippen molar-refractivity contribution in [2.24, 2.45) is 0 Å². The summed E-state index contributed by atoms with van der Waals surface area (Å²) in [7, 11) is 0. The second kappa shape index (κ2) is 5.78. The number of carbonyl (C=O) groups excluding carboxylic acids is 1. The Bertz CT molecular complexity index is 759. The van der Waals surface area contributed by atoms with Gasteiger partial charge in [0.1, 0.15) is 4.32 Å². The molecule has 0 bridgehead atoms. The molecule has 4 nitrogen and oxygen atoms in total. The minimum absolute atomic E-state index is 0.00558. The predicted octanol–water partition coefficient (Wildman–Crippen LogP) is 3.23. The summed E-state index contributed by atoms with van der Waals surface area (Å²) in [5, 5.41) is 10.5. The average molecular weight is 345 g/mol. The van der Waals surface area contributed by atoms with Gasteiger partial charge < -0.3 is 9.52 Å². The van der Waals surface area contributed by atoms with Crippen molar-refractivity contribution in [1.82, 2.24) is 4.90 Å². The van der Waals surface area contributed by atoms with Crippen molar-refractivity contribution in [2.45, 2.75) is 30.2 Å². The number of nitrogens with zero attached hydrogens (tertiary/aromatic N) is 1. The Balaban J connectivity index is 1.58. The normalized spacial score (nSPS) is 23.7. The molecule has 0 unspecified atom stereocenters. The van der Waals surface area contributed by atoms with Crippen molar-refractivity contribution >= 4 is 34.2 Å². The molecule has 1 saturated heterocycles. The summed E-state index contributed by atoms with van der Waals surface area (Å²) >= 11 is 7.01. The summed E-state index contributed by atoms with van der Waals surface area (Å²) in [6, 6.07) is 9.87. The lowest BCUT2D eigenvalue weighted by molar-refractivity contribution is -0.130. The van der Waals surface area contributed by atoms with Crippen molar-refractivity contribution in [3.8, 4) is 0 Å². The molecule has 1 amide bonds. The van der Waals surface area contributed by atoms with Gasteiger partial charge in [0.05, 0.1) is 31.1 Å². The number of aliphatic hydroxyl groups is 1. The standard InChI is InChI=1S/C17H15NO3S2/c19-13(11-5-6-21-9-11)8-15(20)18-16-12-4-2-1-3-10(12)7-14(16)23-17(18)22/h1-6,9,13-14,16,19H,7-8H2/t13-,14-,16+/m1/s1. The van der Waals surface area contributed by atoms with Crippen LogP contribution >= 0.6 is 24.0 Å². The van der Waals surface area contributed by atoms with E-state index in [4.69, 9.17) is 16.6 Å². The Morgan fingerprint density at radius 2 is 2.26 bits per heavy atom. The van der Waals surface area contributed by atoms with Crippen LogP contribution in [0.4, 0.5) is 0 Å². The SMILES string of the molecule is O=C(C[C@@H](O)c1ccoc1)N1C(=S)S[C@@H]2Cc3ccccc3[C@@H]21. The van der Waals surface area contributed by atoms with Gasteiger partial charge in [-0.3, -0.25) is 9.69 Å². The molecule has 1 aliphatic carbocycles. The maximum Gasteiger partial charge on any atom is 0.231 e. The van der Waals surface area contributed by atoms with E-state index in [1.165, 1.54) is 23.7 Å². The van der Waals surface area contributed by atoms with Gasteiger partial charge in [-0.1, -0.05) is 48.2 Å². The van der Waals surface area contributed by atoms with Gasteiger partial charge in [0.15, 0.2) is 0 Å². The molecule has 1 fully saturated rings. The van der Waals surface area contributed by atoms with Crippen LogP contribution in [0.25, 0.3) is 0 Å². The van der Waals surface area contributed by atoms with Crippen molar-refractivity contribution in [3.05, 3.63) is 59.5 Å². The van der Waals surface area contributed by atoms with Gasteiger partial charge in [-0.05, 0) is 23.6 Å². The van der Waals surface area contributed by atoms with Crippen molar-refractivity contribution in [1.29, 1.82) is 0 Å². The minimum atomic E-state index is -0.871. The fourth-order valence-corrected chi connectivity index (χ4v) is 5.19. The second-order valence-corrected chi connectivity index (χ2v) is 7.68. The number of hydrogen-bond acceptors (Lipinski definition) is 5. The van der Waals surface area contributed by atoms with Gasteiger partial charge in [0, 0.05) is 10.8 Å². The molecular weight excluding hydrogens is 330 g/mol. The van der Waals surface area contributed by atoms with E-state index in [0.717, 1.165) is 6.42 Å². The molecule has 23 heavy (non-hydrogen) atoms. The van der Waals surface area contributed by atoms with Crippen LogP contribution in [0.5, 0.6) is 0 Å². The number of fused-ring (bicyclic) bond motifs is 3. The third-order valence-corrected chi connectivity index (χ3v) is 6.05. The van der Waals surface area contributed by atoms with Crippen LogP contribution in [0, 0.1) is 0 Å². The lowest BCUT2D eigenvalue weighted by atomic mass is 10.1. The molecule has 4 rings (SSSR count). The van der Waals surface area contributed by atoms with Gasteiger partial charge in [-0.25, -0.2) is 0 Å². The van der Waals surface area contributed by atoms with Gasteiger partial charge in [0.25, 0.3) is 0 Å². The number of furan rings is 1. The summed E-state index contributed by atoms with van der Waals surface area (Å²) < 4.78 is 5.57. The molecule has 1 aromatic carbocycles. The van der Waals surface area contributed by atoms with Crippen molar-refractivity contribution in [2.75, 3.05) is 0 Å². The zero-order chi connectivity index (χ0) is 16.0. The van der Waals surface area contributed by atoms with E-state index in [2.05, 4.69) is 12.1 Å². The number of thiocarbonyl (C=S) groups is 1. The molecule has 3 atom stereocenters. The highest BCUT2D eigenvalue weighted by molar-refractivity contribution is 8.23. The van der Waals surface area contributed by atoms with E-state index in [-0.39, 0.29) is 23.6 Å². The number of thioether (sulfide) groups is 1. The van der Waals surface area contributed by atoms with Crippen molar-refractivity contribution in [3.63, 3.8) is 0 Å². The van der Waals surface area contributed by atoms with Gasteiger partial charge in [-0.15, -0.1) is 0 Å². The molecule has 1 N–H and O–H groups in total. The van der Waals surface area contributed by atoms with E-state index in [1.54, 1.807) is 22.7 Å². The zero-order valence-electron chi connectivity index (χ0n) is 12.2. The van der Waals surface area contributed by atoms with Crippen LogP contribution in [-0.2, 0) is 11.2 Å². The quantitative estimate of drug-likeness (QED) is 0.866. The van der Waals surface area contributed by atoms with Crippen LogP contribution < -0.4 is 0 Å². The van der Waals surface area contributed by atoms with Gasteiger partial charge >= 0.3 is 0 Å². The smallest absolute Gasteiger partial charge is 0.231 e. The monoisotopic (exact) mass is 345 g/mol. The Labute approximate surface area is 143 Å². The van der Waals surface area contributed by atoms with Gasteiger partial charge in [-0.2, -0.15) is 0 Å². The molecule has 1 aromatic heterocycles. The first-order valence-corrected chi connectivity index (χ1v) is 8.74.